The van der Waals surface area contributed by atoms with Crippen LogP contribution >= 0.6 is 0 Å². The molecule has 1 aromatic heterocycles. The van der Waals surface area contributed by atoms with Gasteiger partial charge in [-0.05, 0) is 37.8 Å². The first-order valence-corrected chi connectivity index (χ1v) is 5.45. The highest BCUT2D eigenvalue weighted by atomic mass is 16.1. The topological polar surface area (TPSA) is 70.9 Å². The molecule has 1 heterocycles. The molecule has 1 amide bonds. The number of carbonyl (C=O) groups is 1. The van der Waals surface area contributed by atoms with Gasteiger partial charge in [-0.2, -0.15) is 0 Å². The molecular weight excluding hydrogens is 190 g/mol. The lowest BCUT2D eigenvalue weighted by atomic mass is 9.91. The number of aromatic amines is 1. The summed E-state index contributed by atoms with van der Waals surface area (Å²) in [7, 11) is 0. The van der Waals surface area contributed by atoms with Crippen molar-refractivity contribution >= 4 is 5.91 Å². The van der Waals surface area contributed by atoms with Crippen LogP contribution in [-0.4, -0.2) is 23.0 Å². The van der Waals surface area contributed by atoms with Gasteiger partial charge in [0.2, 0.25) is 0 Å². The molecule has 1 aromatic rings. The standard InChI is InChI=1S/C11H17N3O/c12-8-3-1-4-9(7-8)14-11(15)10-5-2-6-13-10/h2,5-6,8-9,13H,1,3-4,7,12H2,(H,14,15). The zero-order valence-electron chi connectivity index (χ0n) is 8.70. The van der Waals surface area contributed by atoms with Gasteiger partial charge in [-0.25, -0.2) is 0 Å². The maximum atomic E-state index is 11.7. The summed E-state index contributed by atoms with van der Waals surface area (Å²) in [5, 5.41) is 3.00. The molecule has 15 heavy (non-hydrogen) atoms. The van der Waals surface area contributed by atoms with E-state index >= 15 is 0 Å². The van der Waals surface area contributed by atoms with Gasteiger partial charge >= 0.3 is 0 Å². The van der Waals surface area contributed by atoms with Crippen LogP contribution in [0.5, 0.6) is 0 Å². The molecule has 0 aromatic carbocycles. The summed E-state index contributed by atoms with van der Waals surface area (Å²) in [6.07, 6.45) is 5.87. The van der Waals surface area contributed by atoms with Gasteiger partial charge in [0.05, 0.1) is 0 Å². The first kappa shape index (κ1) is 10.2. The van der Waals surface area contributed by atoms with Crippen LogP contribution < -0.4 is 11.1 Å². The number of hydrogen-bond acceptors (Lipinski definition) is 2. The number of nitrogens with one attached hydrogen (secondary N) is 2. The predicted octanol–water partition coefficient (Wildman–Crippen LogP) is 1.01. The Kier molecular flexibility index (Phi) is 3.06. The quantitative estimate of drug-likeness (QED) is 0.677. The molecule has 4 nitrogen and oxygen atoms in total. The summed E-state index contributed by atoms with van der Waals surface area (Å²) < 4.78 is 0. The van der Waals surface area contributed by atoms with Crippen molar-refractivity contribution in [2.75, 3.05) is 0 Å². The molecule has 0 aliphatic heterocycles. The molecule has 2 atom stereocenters. The second-order valence-corrected chi connectivity index (χ2v) is 4.18. The smallest absolute Gasteiger partial charge is 0.267 e. The monoisotopic (exact) mass is 207 g/mol. The maximum Gasteiger partial charge on any atom is 0.267 e. The number of amides is 1. The Hall–Kier alpha value is -1.29. The molecule has 2 unspecified atom stereocenters. The molecule has 4 N–H and O–H groups in total. The lowest BCUT2D eigenvalue weighted by Gasteiger charge is -2.27. The normalized spacial score (nSPS) is 26.2. The average molecular weight is 207 g/mol. The largest absolute Gasteiger partial charge is 0.357 e. The van der Waals surface area contributed by atoms with Crippen molar-refractivity contribution in [1.29, 1.82) is 0 Å². The molecule has 0 bridgehead atoms. The van der Waals surface area contributed by atoms with Gasteiger partial charge < -0.3 is 16.0 Å². The highest BCUT2D eigenvalue weighted by Gasteiger charge is 2.21. The van der Waals surface area contributed by atoms with E-state index in [4.69, 9.17) is 5.73 Å². The maximum absolute atomic E-state index is 11.7. The number of carbonyl (C=O) groups excluding carboxylic acids is 1. The summed E-state index contributed by atoms with van der Waals surface area (Å²) in [6, 6.07) is 4.08. The van der Waals surface area contributed by atoms with E-state index in [1.807, 2.05) is 6.07 Å². The lowest BCUT2D eigenvalue weighted by molar-refractivity contribution is 0.0921. The molecule has 0 saturated heterocycles. The fourth-order valence-electron chi connectivity index (χ4n) is 2.09. The summed E-state index contributed by atoms with van der Waals surface area (Å²) in [5.41, 5.74) is 6.48. The van der Waals surface area contributed by atoms with Gasteiger partial charge in [-0.15, -0.1) is 0 Å². The van der Waals surface area contributed by atoms with Crippen molar-refractivity contribution < 1.29 is 4.79 Å². The fourth-order valence-corrected chi connectivity index (χ4v) is 2.09. The molecule has 1 saturated carbocycles. The van der Waals surface area contributed by atoms with Crippen LogP contribution in [0.25, 0.3) is 0 Å². The van der Waals surface area contributed by atoms with Crippen molar-refractivity contribution in [3.63, 3.8) is 0 Å². The van der Waals surface area contributed by atoms with E-state index in [0.717, 1.165) is 25.7 Å². The van der Waals surface area contributed by atoms with Crippen LogP contribution in [0.15, 0.2) is 18.3 Å². The highest BCUT2D eigenvalue weighted by molar-refractivity contribution is 5.92. The summed E-state index contributed by atoms with van der Waals surface area (Å²) in [5.74, 6) is -0.0286. The number of hydrogen-bond donors (Lipinski definition) is 3. The van der Waals surface area contributed by atoms with Gasteiger partial charge in [0.1, 0.15) is 5.69 Å². The van der Waals surface area contributed by atoms with Crippen molar-refractivity contribution in [2.45, 2.75) is 37.8 Å². The Morgan fingerprint density at radius 2 is 2.40 bits per heavy atom. The van der Waals surface area contributed by atoms with Crippen LogP contribution in [0.3, 0.4) is 0 Å². The van der Waals surface area contributed by atoms with E-state index in [2.05, 4.69) is 10.3 Å². The summed E-state index contributed by atoms with van der Waals surface area (Å²) in [6.45, 7) is 0. The first-order chi connectivity index (χ1) is 7.25. The minimum atomic E-state index is -0.0286. The van der Waals surface area contributed by atoms with E-state index in [1.165, 1.54) is 0 Å². The van der Waals surface area contributed by atoms with E-state index in [0.29, 0.717) is 5.69 Å². The Morgan fingerprint density at radius 1 is 1.53 bits per heavy atom. The zero-order valence-corrected chi connectivity index (χ0v) is 8.70. The van der Waals surface area contributed by atoms with Crippen LogP contribution in [-0.2, 0) is 0 Å². The van der Waals surface area contributed by atoms with Crippen molar-refractivity contribution in [2.24, 2.45) is 5.73 Å². The number of aromatic nitrogens is 1. The highest BCUT2D eigenvalue weighted by Crippen LogP contribution is 2.17. The third-order valence-electron chi connectivity index (χ3n) is 2.89. The Morgan fingerprint density at radius 3 is 3.07 bits per heavy atom. The molecule has 0 radical (unpaired) electrons. The van der Waals surface area contributed by atoms with Gasteiger partial charge in [-0.1, -0.05) is 0 Å². The average Bonchev–Trinajstić information content (AvgIpc) is 2.70. The SMILES string of the molecule is NC1CCCC(NC(=O)c2ccc[nH]2)C1. The fraction of sp³-hybridized carbons (Fsp3) is 0.545. The molecule has 1 fully saturated rings. The van der Waals surface area contributed by atoms with E-state index in [1.54, 1.807) is 12.3 Å². The Labute approximate surface area is 89.2 Å². The second-order valence-electron chi connectivity index (χ2n) is 4.18. The van der Waals surface area contributed by atoms with Crippen molar-refractivity contribution in [3.05, 3.63) is 24.0 Å². The van der Waals surface area contributed by atoms with Gasteiger partial charge in [-0.3, -0.25) is 4.79 Å². The van der Waals surface area contributed by atoms with E-state index in [9.17, 15) is 4.79 Å². The molecule has 4 heteroatoms. The molecule has 1 aliphatic rings. The first-order valence-electron chi connectivity index (χ1n) is 5.45. The number of nitrogens with two attached hydrogens (primary N) is 1. The lowest BCUT2D eigenvalue weighted by Crippen LogP contribution is -2.42. The van der Waals surface area contributed by atoms with Gasteiger partial charge in [0, 0.05) is 18.3 Å². The third kappa shape index (κ3) is 2.59. The number of rotatable bonds is 2. The predicted molar refractivity (Wildman–Crippen MR) is 58.5 cm³/mol. The van der Waals surface area contributed by atoms with Crippen LogP contribution in [0.1, 0.15) is 36.2 Å². The van der Waals surface area contributed by atoms with Gasteiger partial charge in [0.15, 0.2) is 0 Å². The minimum absolute atomic E-state index is 0.0286. The third-order valence-corrected chi connectivity index (χ3v) is 2.89. The van der Waals surface area contributed by atoms with Gasteiger partial charge in [0.25, 0.3) is 5.91 Å². The van der Waals surface area contributed by atoms with Crippen LogP contribution in [0.4, 0.5) is 0 Å². The van der Waals surface area contributed by atoms with Crippen molar-refractivity contribution in [1.82, 2.24) is 10.3 Å². The molecular formula is C11H17N3O. The molecule has 2 rings (SSSR count). The van der Waals surface area contributed by atoms with E-state index in [-0.39, 0.29) is 18.0 Å². The number of H-pyrrole nitrogens is 1. The van der Waals surface area contributed by atoms with Crippen molar-refractivity contribution in [3.8, 4) is 0 Å². The molecule has 0 spiro atoms. The second kappa shape index (κ2) is 4.49. The Balaban J connectivity index is 1.89. The van der Waals surface area contributed by atoms with E-state index < -0.39 is 0 Å². The molecule has 1 aliphatic carbocycles. The molecule has 82 valence electrons. The minimum Gasteiger partial charge on any atom is -0.357 e. The summed E-state index contributed by atoms with van der Waals surface area (Å²) in [4.78, 5) is 14.6. The van der Waals surface area contributed by atoms with Crippen LogP contribution in [0, 0.1) is 0 Å². The van der Waals surface area contributed by atoms with Crippen LogP contribution in [0.2, 0.25) is 0 Å². The Bertz CT molecular complexity index is 321. The summed E-state index contributed by atoms with van der Waals surface area (Å²) >= 11 is 0. The zero-order chi connectivity index (χ0) is 10.7.